The van der Waals surface area contributed by atoms with Crippen molar-refractivity contribution in [3.05, 3.63) is 0 Å². The molecular formula is C10H21N3O2. The smallest absolute Gasteiger partial charge is 0.241 e. The molecule has 0 bridgehead atoms. The minimum atomic E-state index is -0.537. The fourth-order valence-corrected chi connectivity index (χ4v) is 0.951. The Balaban J connectivity index is 3.99. The van der Waals surface area contributed by atoms with Gasteiger partial charge in [0.15, 0.2) is 0 Å². The van der Waals surface area contributed by atoms with E-state index < -0.39 is 6.04 Å². The first-order valence-electron chi connectivity index (χ1n) is 5.13. The molecule has 0 fully saturated rings. The van der Waals surface area contributed by atoms with Crippen LogP contribution in [0.25, 0.3) is 0 Å². The molecule has 0 radical (unpaired) electrons. The molecule has 0 aliphatic carbocycles. The highest BCUT2D eigenvalue weighted by Crippen LogP contribution is 2.04. The van der Waals surface area contributed by atoms with Gasteiger partial charge in [0.1, 0.15) is 0 Å². The van der Waals surface area contributed by atoms with Gasteiger partial charge in [0, 0.05) is 14.1 Å². The molecule has 2 amide bonds. The third kappa shape index (κ3) is 4.78. The molecule has 88 valence electrons. The molecule has 0 aromatic carbocycles. The lowest BCUT2D eigenvalue weighted by Gasteiger charge is -2.18. The molecule has 3 N–H and O–H groups in total. The predicted molar refractivity (Wildman–Crippen MR) is 59.1 cm³/mol. The van der Waals surface area contributed by atoms with Gasteiger partial charge >= 0.3 is 0 Å². The van der Waals surface area contributed by atoms with Crippen LogP contribution in [0.15, 0.2) is 0 Å². The summed E-state index contributed by atoms with van der Waals surface area (Å²) in [4.78, 5) is 24.1. The minimum Gasteiger partial charge on any atom is -0.347 e. The van der Waals surface area contributed by atoms with E-state index in [-0.39, 0.29) is 24.3 Å². The maximum Gasteiger partial charge on any atom is 0.241 e. The number of amides is 2. The Morgan fingerprint density at radius 3 is 2.33 bits per heavy atom. The van der Waals surface area contributed by atoms with Crippen molar-refractivity contribution in [3.8, 4) is 0 Å². The van der Waals surface area contributed by atoms with E-state index in [9.17, 15) is 9.59 Å². The van der Waals surface area contributed by atoms with E-state index in [1.807, 2.05) is 13.8 Å². The van der Waals surface area contributed by atoms with Crippen LogP contribution in [-0.2, 0) is 9.59 Å². The second kappa shape index (κ2) is 6.40. The topological polar surface area (TPSA) is 75.4 Å². The Labute approximate surface area is 91.0 Å². The van der Waals surface area contributed by atoms with Crippen molar-refractivity contribution in [3.63, 3.8) is 0 Å². The maximum atomic E-state index is 11.5. The molecule has 0 aromatic rings. The van der Waals surface area contributed by atoms with E-state index in [0.29, 0.717) is 0 Å². The summed E-state index contributed by atoms with van der Waals surface area (Å²) < 4.78 is 0. The van der Waals surface area contributed by atoms with Crippen LogP contribution in [0.4, 0.5) is 0 Å². The third-order valence-corrected chi connectivity index (χ3v) is 2.47. The molecule has 0 heterocycles. The SMILES string of the molecule is CCC(C)C(N)C(=O)NCC(=O)N(C)C. The largest absolute Gasteiger partial charge is 0.347 e. The fourth-order valence-electron chi connectivity index (χ4n) is 0.951. The number of nitrogens with one attached hydrogen (secondary N) is 1. The summed E-state index contributed by atoms with van der Waals surface area (Å²) in [5.41, 5.74) is 5.70. The zero-order valence-electron chi connectivity index (χ0n) is 9.91. The molecule has 0 aliphatic rings. The van der Waals surface area contributed by atoms with E-state index in [0.717, 1.165) is 6.42 Å². The highest BCUT2D eigenvalue weighted by Gasteiger charge is 2.19. The molecule has 15 heavy (non-hydrogen) atoms. The van der Waals surface area contributed by atoms with Gasteiger partial charge in [-0.1, -0.05) is 20.3 Å². The summed E-state index contributed by atoms with van der Waals surface area (Å²) in [7, 11) is 3.28. The summed E-state index contributed by atoms with van der Waals surface area (Å²) in [5, 5.41) is 2.52. The van der Waals surface area contributed by atoms with Crippen LogP contribution in [0.3, 0.4) is 0 Å². The van der Waals surface area contributed by atoms with E-state index in [2.05, 4.69) is 5.32 Å². The zero-order chi connectivity index (χ0) is 12.0. The maximum absolute atomic E-state index is 11.5. The number of hydrogen-bond acceptors (Lipinski definition) is 3. The van der Waals surface area contributed by atoms with Gasteiger partial charge in [-0.05, 0) is 5.92 Å². The minimum absolute atomic E-state index is 0.00989. The van der Waals surface area contributed by atoms with E-state index in [4.69, 9.17) is 5.73 Å². The first-order chi connectivity index (χ1) is 6.90. The van der Waals surface area contributed by atoms with Gasteiger partial charge < -0.3 is 16.0 Å². The van der Waals surface area contributed by atoms with Gasteiger partial charge in [-0.25, -0.2) is 0 Å². The molecule has 5 heteroatoms. The Morgan fingerprint density at radius 1 is 1.40 bits per heavy atom. The van der Waals surface area contributed by atoms with Crippen molar-refractivity contribution in [1.82, 2.24) is 10.2 Å². The quantitative estimate of drug-likeness (QED) is 0.653. The molecule has 0 saturated carbocycles. The first kappa shape index (κ1) is 13.9. The van der Waals surface area contributed by atoms with Crippen LogP contribution in [0, 0.1) is 5.92 Å². The number of carbonyl (C=O) groups is 2. The standard InChI is InChI=1S/C10H21N3O2/c1-5-7(2)9(11)10(15)12-6-8(14)13(3)4/h7,9H,5-6,11H2,1-4H3,(H,12,15). The van der Waals surface area contributed by atoms with E-state index in [1.54, 1.807) is 14.1 Å². The van der Waals surface area contributed by atoms with Gasteiger partial charge in [0.05, 0.1) is 12.6 Å². The Kier molecular flexibility index (Phi) is 5.93. The van der Waals surface area contributed by atoms with E-state index in [1.165, 1.54) is 4.90 Å². The summed E-state index contributed by atoms with van der Waals surface area (Å²) in [6, 6.07) is -0.537. The predicted octanol–water partition coefficient (Wildman–Crippen LogP) is -0.436. The second-order valence-corrected chi connectivity index (χ2v) is 3.92. The average Bonchev–Trinajstić information content (AvgIpc) is 2.22. The molecule has 0 rings (SSSR count). The number of hydrogen-bond donors (Lipinski definition) is 2. The molecule has 0 spiro atoms. The lowest BCUT2D eigenvalue weighted by Crippen LogP contribution is -2.47. The molecule has 0 saturated heterocycles. The number of likely N-dealkylation sites (N-methyl/N-ethyl adjacent to an activating group) is 1. The number of nitrogens with zero attached hydrogens (tertiary/aromatic N) is 1. The molecular weight excluding hydrogens is 194 g/mol. The highest BCUT2D eigenvalue weighted by molar-refractivity contribution is 5.87. The van der Waals surface area contributed by atoms with Crippen molar-refractivity contribution >= 4 is 11.8 Å². The van der Waals surface area contributed by atoms with Crippen LogP contribution < -0.4 is 11.1 Å². The Morgan fingerprint density at radius 2 is 1.93 bits per heavy atom. The monoisotopic (exact) mass is 215 g/mol. The lowest BCUT2D eigenvalue weighted by molar-refractivity contribution is -0.131. The van der Waals surface area contributed by atoms with Gasteiger partial charge in [0.25, 0.3) is 0 Å². The Hall–Kier alpha value is -1.10. The normalized spacial score (nSPS) is 14.2. The summed E-state index contributed by atoms with van der Waals surface area (Å²) >= 11 is 0. The number of nitrogens with two attached hydrogens (primary N) is 1. The van der Waals surface area contributed by atoms with Crippen molar-refractivity contribution < 1.29 is 9.59 Å². The van der Waals surface area contributed by atoms with Gasteiger partial charge in [0.2, 0.25) is 11.8 Å². The molecule has 2 atom stereocenters. The number of rotatable bonds is 5. The van der Waals surface area contributed by atoms with Crippen molar-refractivity contribution in [2.24, 2.45) is 11.7 Å². The van der Waals surface area contributed by atoms with Gasteiger partial charge in [-0.3, -0.25) is 9.59 Å². The Bertz CT molecular complexity index is 229. The van der Waals surface area contributed by atoms with Crippen molar-refractivity contribution in [1.29, 1.82) is 0 Å². The van der Waals surface area contributed by atoms with Crippen LogP contribution in [0.2, 0.25) is 0 Å². The summed E-state index contributed by atoms with van der Waals surface area (Å²) in [6.07, 6.45) is 0.843. The van der Waals surface area contributed by atoms with Crippen LogP contribution >= 0.6 is 0 Å². The summed E-state index contributed by atoms with van der Waals surface area (Å²) in [5.74, 6) is -0.279. The van der Waals surface area contributed by atoms with E-state index >= 15 is 0 Å². The third-order valence-electron chi connectivity index (χ3n) is 2.47. The molecule has 0 aliphatic heterocycles. The fraction of sp³-hybridized carbons (Fsp3) is 0.800. The highest BCUT2D eigenvalue weighted by atomic mass is 16.2. The van der Waals surface area contributed by atoms with Crippen LogP contribution in [-0.4, -0.2) is 43.4 Å². The lowest BCUT2D eigenvalue weighted by atomic mass is 9.99. The second-order valence-electron chi connectivity index (χ2n) is 3.92. The molecule has 2 unspecified atom stereocenters. The van der Waals surface area contributed by atoms with Crippen LogP contribution in [0.5, 0.6) is 0 Å². The molecule has 5 nitrogen and oxygen atoms in total. The summed E-state index contributed by atoms with van der Waals surface area (Å²) in [6.45, 7) is 3.90. The first-order valence-corrected chi connectivity index (χ1v) is 5.13. The average molecular weight is 215 g/mol. The number of carbonyl (C=O) groups excluding carboxylic acids is 2. The van der Waals surface area contributed by atoms with Crippen LogP contribution in [0.1, 0.15) is 20.3 Å². The van der Waals surface area contributed by atoms with Crippen molar-refractivity contribution in [2.45, 2.75) is 26.3 Å². The molecule has 0 aromatic heterocycles. The van der Waals surface area contributed by atoms with Gasteiger partial charge in [-0.15, -0.1) is 0 Å². The van der Waals surface area contributed by atoms with Gasteiger partial charge in [-0.2, -0.15) is 0 Å². The van der Waals surface area contributed by atoms with Crippen molar-refractivity contribution in [2.75, 3.05) is 20.6 Å². The zero-order valence-corrected chi connectivity index (χ0v) is 9.91.